The van der Waals surface area contributed by atoms with Crippen molar-refractivity contribution in [3.8, 4) is 0 Å². The molecule has 4 N–H and O–H groups in total. The van der Waals surface area contributed by atoms with Crippen molar-refractivity contribution in [1.29, 1.82) is 0 Å². The number of ether oxygens (including phenoxy) is 1. The summed E-state index contributed by atoms with van der Waals surface area (Å²) in [6.45, 7) is 9.36. The Hall–Kier alpha value is -3.63. The van der Waals surface area contributed by atoms with Gasteiger partial charge in [0, 0.05) is 43.8 Å². The number of amides is 4. The van der Waals surface area contributed by atoms with Crippen LogP contribution in [0.3, 0.4) is 0 Å². The molecule has 11 heteroatoms. The van der Waals surface area contributed by atoms with Crippen LogP contribution in [-0.2, 0) is 19.7 Å². The Bertz CT molecular complexity index is 1660. The highest BCUT2D eigenvalue weighted by Crippen LogP contribution is 2.60. The van der Waals surface area contributed by atoms with Crippen LogP contribution in [0, 0.1) is 11.3 Å². The molecular formula is C37H49ClN6O4. The molecule has 10 nitrogen and oxygen atoms in total. The summed E-state index contributed by atoms with van der Waals surface area (Å²) in [5.41, 5.74) is 2.41. The van der Waals surface area contributed by atoms with E-state index in [-0.39, 0.29) is 41.1 Å². The molecule has 2 aromatic carbocycles. The maximum absolute atomic E-state index is 14.2. The number of H-pyrrole nitrogens is 1. The number of likely N-dealkylation sites (N-methyl/N-ethyl adjacent to an activating group) is 1. The van der Waals surface area contributed by atoms with Crippen LogP contribution in [0.25, 0.3) is 11.0 Å². The molecule has 0 spiro atoms. The van der Waals surface area contributed by atoms with E-state index in [1.54, 1.807) is 4.90 Å². The first kappa shape index (κ1) is 34.2. The van der Waals surface area contributed by atoms with E-state index in [1.165, 1.54) is 0 Å². The third-order valence-electron chi connectivity index (χ3n) is 10.8. The number of imidazole rings is 1. The lowest BCUT2D eigenvalue weighted by atomic mass is 9.73. The molecular weight excluding hydrogens is 628 g/mol. The van der Waals surface area contributed by atoms with Gasteiger partial charge < -0.3 is 30.6 Å². The number of nitrogens with one attached hydrogen (secondary N) is 4. The summed E-state index contributed by atoms with van der Waals surface area (Å²) in [4.78, 5) is 51.2. The average molecular weight is 677 g/mol. The third kappa shape index (κ3) is 6.79. The first-order valence-corrected chi connectivity index (χ1v) is 17.8. The smallest absolute Gasteiger partial charge is 0.317 e. The van der Waals surface area contributed by atoms with E-state index in [0.29, 0.717) is 43.4 Å². The SMILES string of the molecule is CCNC(=O)[C@H](NC(=O)C1(c2ccc3nc([C@@H](NC(=O)N(C)C4CC4)[C@H](c4ccccc4Cl)C4(C)CC4)[nH]c3c2)CCOCC1)C(C)C. The molecule has 1 saturated heterocycles. The van der Waals surface area contributed by atoms with E-state index in [2.05, 4.69) is 33.9 Å². The van der Waals surface area contributed by atoms with Crippen molar-refractivity contribution in [3.63, 3.8) is 0 Å². The molecule has 0 unspecified atom stereocenters. The number of aromatic nitrogens is 2. The number of carbonyl (C=O) groups excluding carboxylic acids is 3. The minimum atomic E-state index is -0.875. The summed E-state index contributed by atoms with van der Waals surface area (Å²) in [7, 11) is 1.85. The molecule has 2 heterocycles. The molecule has 48 heavy (non-hydrogen) atoms. The van der Waals surface area contributed by atoms with Gasteiger partial charge in [0.15, 0.2) is 0 Å². The van der Waals surface area contributed by atoms with Crippen LogP contribution in [0.2, 0.25) is 5.02 Å². The van der Waals surface area contributed by atoms with Gasteiger partial charge in [-0.1, -0.05) is 56.6 Å². The Labute approximate surface area is 288 Å². The van der Waals surface area contributed by atoms with Crippen LogP contribution in [0.1, 0.15) is 95.1 Å². The lowest BCUT2D eigenvalue weighted by Crippen LogP contribution is -2.56. The summed E-state index contributed by atoms with van der Waals surface area (Å²) in [5.74, 6) is 0.0931. The van der Waals surface area contributed by atoms with Crippen LogP contribution in [0.5, 0.6) is 0 Å². The summed E-state index contributed by atoms with van der Waals surface area (Å²) < 4.78 is 5.72. The van der Waals surface area contributed by atoms with Gasteiger partial charge in [0.2, 0.25) is 11.8 Å². The van der Waals surface area contributed by atoms with Gasteiger partial charge in [-0.2, -0.15) is 0 Å². The van der Waals surface area contributed by atoms with E-state index in [4.69, 9.17) is 21.3 Å². The lowest BCUT2D eigenvalue weighted by molar-refractivity contribution is -0.135. The summed E-state index contributed by atoms with van der Waals surface area (Å²) in [6.07, 6.45) is 5.04. The fourth-order valence-electron chi connectivity index (χ4n) is 7.30. The Morgan fingerprint density at radius 2 is 1.77 bits per heavy atom. The molecule has 2 aliphatic carbocycles. The zero-order chi connectivity index (χ0) is 34.2. The molecule has 0 bridgehead atoms. The number of hydrogen-bond acceptors (Lipinski definition) is 5. The number of fused-ring (bicyclic) bond motifs is 1. The molecule has 3 aliphatic rings. The highest BCUT2D eigenvalue weighted by Gasteiger charge is 2.51. The number of halogens is 1. The zero-order valence-electron chi connectivity index (χ0n) is 28.7. The second-order valence-electron chi connectivity index (χ2n) is 14.6. The topological polar surface area (TPSA) is 128 Å². The van der Waals surface area contributed by atoms with Crippen molar-refractivity contribution in [2.24, 2.45) is 11.3 Å². The number of aromatic amines is 1. The molecule has 258 valence electrons. The highest BCUT2D eigenvalue weighted by molar-refractivity contribution is 6.31. The molecule has 0 radical (unpaired) electrons. The minimum Gasteiger partial charge on any atom is -0.381 e. The van der Waals surface area contributed by atoms with Crippen LogP contribution < -0.4 is 16.0 Å². The second-order valence-corrected chi connectivity index (χ2v) is 15.0. The molecule has 1 aliphatic heterocycles. The molecule has 3 atom stereocenters. The predicted molar refractivity (Wildman–Crippen MR) is 187 cm³/mol. The van der Waals surface area contributed by atoms with E-state index in [9.17, 15) is 14.4 Å². The molecule has 4 amide bonds. The van der Waals surface area contributed by atoms with Crippen LogP contribution in [0.15, 0.2) is 42.5 Å². The van der Waals surface area contributed by atoms with Crippen molar-refractivity contribution >= 4 is 40.5 Å². The number of benzene rings is 2. The molecule has 3 aromatic rings. The van der Waals surface area contributed by atoms with Crippen molar-refractivity contribution in [2.75, 3.05) is 26.8 Å². The fourth-order valence-corrected chi connectivity index (χ4v) is 7.56. The molecule has 1 aromatic heterocycles. The van der Waals surface area contributed by atoms with Gasteiger partial charge in [-0.05, 0) is 86.1 Å². The number of hydrogen-bond donors (Lipinski definition) is 4. The average Bonchev–Trinajstić information content (AvgIpc) is 4.01. The van der Waals surface area contributed by atoms with Crippen LogP contribution in [-0.4, -0.2) is 71.6 Å². The Morgan fingerprint density at radius 1 is 1.06 bits per heavy atom. The molecule has 2 saturated carbocycles. The van der Waals surface area contributed by atoms with Crippen molar-refractivity contribution in [2.45, 2.75) is 95.7 Å². The predicted octanol–water partition coefficient (Wildman–Crippen LogP) is 5.97. The van der Waals surface area contributed by atoms with Crippen molar-refractivity contribution in [3.05, 3.63) is 64.4 Å². The Morgan fingerprint density at radius 3 is 2.40 bits per heavy atom. The van der Waals surface area contributed by atoms with E-state index in [0.717, 1.165) is 47.8 Å². The number of urea groups is 1. The Balaban J connectivity index is 1.39. The van der Waals surface area contributed by atoms with Crippen LogP contribution >= 0.6 is 11.6 Å². The van der Waals surface area contributed by atoms with Crippen LogP contribution in [0.4, 0.5) is 4.79 Å². The van der Waals surface area contributed by atoms with E-state index < -0.39 is 17.5 Å². The lowest BCUT2D eigenvalue weighted by Gasteiger charge is -2.37. The molecule has 6 rings (SSSR count). The van der Waals surface area contributed by atoms with Gasteiger partial charge in [0.05, 0.1) is 22.5 Å². The van der Waals surface area contributed by atoms with Gasteiger partial charge in [-0.3, -0.25) is 9.59 Å². The standard InChI is InChI=1S/C37H49ClN6O4/c1-6-39-33(45)30(22(2)3)42-34(46)37(17-19-48-20-18-37)23-11-14-27-28(21-23)41-32(40-27)31(43-35(47)44(5)24-12-13-24)29(36(4)15-16-36)25-9-7-8-10-26(25)38/h7-11,14,21-22,24,29-31H,6,12-13,15-20H2,1-5H3,(H,39,45)(H,40,41)(H,42,46)(H,43,47)/t29-,30+,31-/m0/s1. The maximum atomic E-state index is 14.2. The van der Waals surface area contributed by atoms with Gasteiger partial charge in [0.25, 0.3) is 0 Å². The fraction of sp³-hybridized carbons (Fsp3) is 0.568. The first-order chi connectivity index (χ1) is 23.0. The van der Waals surface area contributed by atoms with Crippen molar-refractivity contribution < 1.29 is 19.1 Å². The van der Waals surface area contributed by atoms with Gasteiger partial charge in [-0.15, -0.1) is 0 Å². The Kier molecular flexibility index (Phi) is 9.78. The van der Waals surface area contributed by atoms with Crippen molar-refractivity contribution in [1.82, 2.24) is 30.8 Å². The summed E-state index contributed by atoms with van der Waals surface area (Å²) >= 11 is 6.84. The second kappa shape index (κ2) is 13.7. The largest absolute Gasteiger partial charge is 0.381 e. The quantitative estimate of drug-likeness (QED) is 0.188. The normalized spacial score (nSPS) is 20.1. The monoisotopic (exact) mass is 676 g/mol. The summed E-state index contributed by atoms with van der Waals surface area (Å²) in [5, 5.41) is 9.98. The number of carbonyl (C=O) groups is 3. The summed E-state index contributed by atoms with van der Waals surface area (Å²) in [6, 6.07) is 12.8. The third-order valence-corrected chi connectivity index (χ3v) is 11.1. The van der Waals surface area contributed by atoms with Gasteiger partial charge in [0.1, 0.15) is 11.9 Å². The number of nitrogens with zero attached hydrogens (tertiary/aromatic N) is 2. The highest BCUT2D eigenvalue weighted by atomic mass is 35.5. The zero-order valence-corrected chi connectivity index (χ0v) is 29.5. The van der Waals surface area contributed by atoms with Gasteiger partial charge >= 0.3 is 6.03 Å². The van der Waals surface area contributed by atoms with Gasteiger partial charge in [-0.25, -0.2) is 9.78 Å². The maximum Gasteiger partial charge on any atom is 0.317 e. The minimum absolute atomic E-state index is 0.0630. The number of rotatable bonds is 12. The molecule has 3 fully saturated rings. The first-order valence-electron chi connectivity index (χ1n) is 17.4. The van der Waals surface area contributed by atoms with E-state index >= 15 is 0 Å². The van der Waals surface area contributed by atoms with E-state index in [1.807, 2.05) is 64.2 Å².